The van der Waals surface area contributed by atoms with Crippen molar-refractivity contribution in [3.05, 3.63) is 71.8 Å². The van der Waals surface area contributed by atoms with Gasteiger partial charge in [-0.3, -0.25) is 33.6 Å². The number of aliphatic carboxylic acids is 6. The minimum Gasteiger partial charge on any atom is -0.480 e. The van der Waals surface area contributed by atoms with E-state index in [4.69, 9.17) is 76.5 Å². The Labute approximate surface area is 347 Å². The van der Waals surface area contributed by atoms with Crippen molar-refractivity contribution < 1.29 is 64.2 Å². The number of rotatable bonds is 19. The van der Waals surface area contributed by atoms with Crippen molar-refractivity contribution >= 4 is 67.0 Å². The quantitative estimate of drug-likeness (QED) is 0.0543. The molecule has 58 heavy (non-hydrogen) atoms. The number of carbonyl (C=O) groups is 7. The van der Waals surface area contributed by atoms with Crippen molar-refractivity contribution in [1.29, 1.82) is 0 Å². The maximum atomic E-state index is 10.4. The summed E-state index contributed by atoms with van der Waals surface area (Å²) >= 11 is 7.30. The third-order valence-corrected chi connectivity index (χ3v) is 7.35. The molecule has 23 heteroatoms. The average molecular weight is 865 g/mol. The molecule has 2 rings (SSSR count). The summed E-state index contributed by atoms with van der Waals surface area (Å²) in [6, 6.07) is 13.8. The molecule has 0 unspecified atom stereocenters. The lowest BCUT2D eigenvalue weighted by atomic mass is 10.1. The molecule has 0 heterocycles. The van der Waals surface area contributed by atoms with E-state index in [0.29, 0.717) is 25.8 Å². The van der Waals surface area contributed by atoms with Gasteiger partial charge >= 0.3 is 35.8 Å². The van der Waals surface area contributed by atoms with E-state index in [1.807, 2.05) is 60.7 Å². The van der Waals surface area contributed by atoms with Gasteiger partial charge in [0.15, 0.2) is 0 Å². The van der Waals surface area contributed by atoms with Crippen LogP contribution < -0.4 is 45.9 Å². The zero-order valence-electron chi connectivity index (χ0n) is 31.9. The van der Waals surface area contributed by atoms with Crippen molar-refractivity contribution in [1.82, 2.24) is 0 Å². The molecule has 330 valence electrons. The summed E-state index contributed by atoms with van der Waals surface area (Å²) in [5.41, 5.74) is 42.7. The normalized spacial score (nSPS) is 12.8. The van der Waals surface area contributed by atoms with Crippen LogP contribution in [0.3, 0.4) is 0 Å². The molecule has 0 aliphatic heterocycles. The Kier molecular flexibility index (Phi) is 38.9. The maximum absolute atomic E-state index is 10.4. The van der Waals surface area contributed by atoms with Crippen LogP contribution in [0.1, 0.15) is 43.2 Å². The predicted octanol–water partition coefficient (Wildman–Crippen LogP) is -1.87. The number of carboxylic acid groups (broad SMARTS) is 6. The van der Waals surface area contributed by atoms with E-state index < -0.39 is 78.0 Å². The fraction of sp³-hybridized carbons (Fsp3) is 0.457. The minimum atomic E-state index is -1.11. The van der Waals surface area contributed by atoms with Gasteiger partial charge < -0.3 is 76.5 Å². The average Bonchev–Trinajstić information content (AvgIpc) is 3.18. The summed E-state index contributed by atoms with van der Waals surface area (Å²) in [5, 5.41) is 49.6. The lowest BCUT2D eigenvalue weighted by molar-refractivity contribution is -0.139. The smallest absolute Gasteiger partial charge is 0.321 e. The van der Waals surface area contributed by atoms with Crippen molar-refractivity contribution in [3.8, 4) is 0 Å². The summed E-state index contributed by atoms with van der Waals surface area (Å²) in [6.07, 6.45) is 3.06. The lowest BCUT2D eigenvalue weighted by Crippen LogP contribution is -2.32. The Hall–Kier alpha value is -4.85. The second-order valence-corrected chi connectivity index (χ2v) is 12.4. The van der Waals surface area contributed by atoms with Gasteiger partial charge in [0.2, 0.25) is 5.91 Å². The maximum Gasteiger partial charge on any atom is 0.321 e. The monoisotopic (exact) mass is 864 g/mol. The Morgan fingerprint density at radius 1 is 0.466 bits per heavy atom. The summed E-state index contributed by atoms with van der Waals surface area (Å²) in [6.45, 7) is 0.604. The third kappa shape index (κ3) is 39.4. The molecular formula is C35H60N8O13S2. The number of amides is 1. The molecule has 0 radical (unpaired) electrons. The Bertz CT molecular complexity index is 1370. The zero-order chi connectivity index (χ0) is 45.8. The van der Waals surface area contributed by atoms with Gasteiger partial charge in [-0.25, -0.2) is 0 Å². The molecule has 0 aliphatic rings. The number of unbranched alkanes of at least 4 members (excludes halogenated alkanes) is 1. The number of nitrogens with two attached hydrogens (primary N) is 8. The number of hydrogen-bond donors (Lipinski definition) is 16. The van der Waals surface area contributed by atoms with E-state index in [1.165, 1.54) is 0 Å². The van der Waals surface area contributed by atoms with Crippen LogP contribution in [0.4, 0.5) is 0 Å². The SMILES string of the molecule is NC(=O)CC[C@H](N)C(=O)O.NCCCC[C@H](N)C(=O)O.N[C@@H](CS)C(=O)O.N[C@@H](CS)C(=O)O.N[C@@H](Cc1ccccc1)C(=O)O.N[C@@H](Cc1ccccc1)C(=O)O. The van der Waals surface area contributed by atoms with Gasteiger partial charge in [0.05, 0.1) is 0 Å². The number of primary amides is 1. The molecule has 21 nitrogen and oxygen atoms in total. The highest BCUT2D eigenvalue weighted by molar-refractivity contribution is 7.80. The van der Waals surface area contributed by atoms with Crippen LogP contribution in [0.2, 0.25) is 0 Å². The Morgan fingerprint density at radius 2 is 0.759 bits per heavy atom. The van der Waals surface area contributed by atoms with Crippen LogP contribution >= 0.6 is 25.3 Å². The highest BCUT2D eigenvalue weighted by Gasteiger charge is 2.13. The molecule has 0 spiro atoms. The number of benzene rings is 2. The predicted molar refractivity (Wildman–Crippen MR) is 223 cm³/mol. The molecular weight excluding hydrogens is 805 g/mol. The van der Waals surface area contributed by atoms with Gasteiger partial charge in [0.1, 0.15) is 36.3 Å². The molecule has 0 fully saturated rings. The Morgan fingerprint density at radius 3 is 0.983 bits per heavy atom. The van der Waals surface area contributed by atoms with Crippen molar-refractivity contribution in [2.75, 3.05) is 18.1 Å². The van der Waals surface area contributed by atoms with Gasteiger partial charge in [-0.1, -0.05) is 67.1 Å². The first kappa shape index (κ1) is 59.8. The molecule has 0 bridgehead atoms. The molecule has 6 atom stereocenters. The summed E-state index contributed by atoms with van der Waals surface area (Å²) in [4.78, 5) is 70.5. The van der Waals surface area contributed by atoms with Gasteiger partial charge in [-0.2, -0.15) is 25.3 Å². The largest absolute Gasteiger partial charge is 0.480 e. The second-order valence-electron chi connectivity index (χ2n) is 11.7. The van der Waals surface area contributed by atoms with Crippen LogP contribution in [0.25, 0.3) is 0 Å². The fourth-order valence-corrected chi connectivity index (χ4v) is 3.43. The molecule has 22 N–H and O–H groups in total. The first-order valence-corrected chi connectivity index (χ1v) is 18.4. The van der Waals surface area contributed by atoms with E-state index in [-0.39, 0.29) is 24.3 Å². The van der Waals surface area contributed by atoms with E-state index in [0.717, 1.165) is 24.0 Å². The third-order valence-electron chi connectivity index (χ3n) is 6.56. The number of carbonyl (C=O) groups excluding carboxylic acids is 1. The first-order valence-electron chi connectivity index (χ1n) is 17.2. The van der Waals surface area contributed by atoms with Crippen LogP contribution in [0.15, 0.2) is 60.7 Å². The van der Waals surface area contributed by atoms with Crippen LogP contribution in [-0.2, 0) is 46.4 Å². The molecule has 1 amide bonds. The number of hydrogen-bond acceptors (Lipinski definition) is 16. The van der Waals surface area contributed by atoms with Gasteiger partial charge in [-0.15, -0.1) is 0 Å². The van der Waals surface area contributed by atoms with Crippen molar-refractivity contribution in [2.45, 2.75) is 81.2 Å². The van der Waals surface area contributed by atoms with Crippen LogP contribution in [-0.4, -0.2) is 127 Å². The van der Waals surface area contributed by atoms with E-state index >= 15 is 0 Å². The van der Waals surface area contributed by atoms with Crippen LogP contribution in [0.5, 0.6) is 0 Å². The van der Waals surface area contributed by atoms with Crippen molar-refractivity contribution in [2.24, 2.45) is 45.9 Å². The molecule has 0 saturated carbocycles. The van der Waals surface area contributed by atoms with Crippen LogP contribution in [0, 0.1) is 0 Å². The summed E-state index contributed by atoms with van der Waals surface area (Å²) < 4.78 is 0. The number of carboxylic acids is 6. The highest BCUT2D eigenvalue weighted by Crippen LogP contribution is 2.02. The zero-order valence-corrected chi connectivity index (χ0v) is 33.7. The van der Waals surface area contributed by atoms with Gasteiger partial charge in [0, 0.05) is 17.9 Å². The fourth-order valence-electron chi connectivity index (χ4n) is 3.12. The lowest BCUT2D eigenvalue weighted by Gasteiger charge is -2.04. The van der Waals surface area contributed by atoms with E-state index in [1.54, 1.807) is 0 Å². The summed E-state index contributed by atoms with van der Waals surface area (Å²) in [7, 11) is 0. The molecule has 0 aromatic heterocycles. The van der Waals surface area contributed by atoms with E-state index in [9.17, 15) is 33.6 Å². The first-order chi connectivity index (χ1) is 27.0. The van der Waals surface area contributed by atoms with E-state index in [2.05, 4.69) is 25.3 Å². The van der Waals surface area contributed by atoms with Gasteiger partial charge in [0.25, 0.3) is 0 Å². The molecule has 2 aromatic carbocycles. The second kappa shape index (κ2) is 37.7. The molecule has 0 aliphatic carbocycles. The van der Waals surface area contributed by atoms with Gasteiger partial charge in [-0.05, 0) is 49.8 Å². The standard InChI is InChI=1S/2C9H11NO2.C6H14N2O2.C5H10N2O3.2C3H7NO2S/c2*10-8(9(11)12)6-7-4-2-1-3-5-7;7-4-2-1-3-5(8)6(9)10;6-3(5(9)10)1-2-4(7)8;2*4-2(1-7)3(5)6/h2*1-5,8H,6,10H2,(H,11,12);5H,1-4,7-8H2,(H,9,10);3H,1-2,6H2,(H2,7,8)(H,9,10);2*2,7H,1,4H2,(H,5,6)/t2*8-;5-;3-;2*2-/m000000/s1. The van der Waals surface area contributed by atoms with Crippen molar-refractivity contribution in [3.63, 3.8) is 0 Å². The topological polar surface area (TPSA) is 449 Å². The summed E-state index contributed by atoms with van der Waals surface area (Å²) in [5.74, 6) is -6.12. The molecule has 0 saturated heterocycles. The minimum absolute atomic E-state index is 0.0213. The molecule has 2 aromatic rings. The Balaban J connectivity index is -0.000000306. The highest BCUT2D eigenvalue weighted by atomic mass is 32.1. The number of thiol groups is 2.